The van der Waals surface area contributed by atoms with Crippen LogP contribution in [0, 0.1) is 6.92 Å². The molecule has 3 rings (SSSR count). The van der Waals surface area contributed by atoms with Gasteiger partial charge in [0.25, 0.3) is 5.91 Å². The predicted molar refractivity (Wildman–Crippen MR) is 93.4 cm³/mol. The number of anilines is 1. The van der Waals surface area contributed by atoms with E-state index in [2.05, 4.69) is 15.8 Å². The van der Waals surface area contributed by atoms with Gasteiger partial charge in [0.15, 0.2) is 0 Å². The Kier molecular flexibility index (Phi) is 4.36. The summed E-state index contributed by atoms with van der Waals surface area (Å²) in [6.45, 7) is 1.89. The number of aryl methyl sites for hydroxylation is 1. The Labute approximate surface area is 142 Å². The fourth-order valence-electron chi connectivity index (χ4n) is 2.18. The van der Waals surface area contributed by atoms with Crippen LogP contribution in [-0.4, -0.2) is 18.0 Å². The van der Waals surface area contributed by atoms with Gasteiger partial charge in [0.05, 0.1) is 16.8 Å². The number of aromatic nitrogens is 1. The SMILES string of the molecule is COc1ccc(Cl)c2sc(NNC(=O)c3ccccc3C)nc12. The van der Waals surface area contributed by atoms with Crippen LogP contribution in [0.1, 0.15) is 15.9 Å². The molecule has 1 heterocycles. The maximum absolute atomic E-state index is 12.2. The van der Waals surface area contributed by atoms with Crippen molar-refractivity contribution in [2.45, 2.75) is 6.92 Å². The highest BCUT2D eigenvalue weighted by molar-refractivity contribution is 7.22. The minimum atomic E-state index is -0.222. The van der Waals surface area contributed by atoms with Crippen LogP contribution in [-0.2, 0) is 0 Å². The first kappa shape index (κ1) is 15.6. The van der Waals surface area contributed by atoms with Gasteiger partial charge in [-0.05, 0) is 30.7 Å². The van der Waals surface area contributed by atoms with Crippen molar-refractivity contribution in [3.05, 3.63) is 52.5 Å². The van der Waals surface area contributed by atoms with Gasteiger partial charge < -0.3 is 4.74 Å². The van der Waals surface area contributed by atoms with Crippen molar-refractivity contribution in [2.75, 3.05) is 12.5 Å². The number of amides is 1. The maximum Gasteiger partial charge on any atom is 0.269 e. The lowest BCUT2D eigenvalue weighted by Crippen LogP contribution is -2.29. The highest BCUT2D eigenvalue weighted by Gasteiger charge is 2.13. The smallest absolute Gasteiger partial charge is 0.269 e. The van der Waals surface area contributed by atoms with Crippen molar-refractivity contribution in [3.8, 4) is 5.75 Å². The largest absolute Gasteiger partial charge is 0.494 e. The molecule has 7 heteroatoms. The van der Waals surface area contributed by atoms with Crippen LogP contribution >= 0.6 is 22.9 Å². The lowest BCUT2D eigenvalue weighted by atomic mass is 10.1. The zero-order valence-electron chi connectivity index (χ0n) is 12.5. The molecule has 0 fully saturated rings. The quantitative estimate of drug-likeness (QED) is 0.699. The third-order valence-electron chi connectivity index (χ3n) is 3.35. The molecule has 5 nitrogen and oxygen atoms in total. The molecule has 1 amide bonds. The number of nitrogens with zero attached hydrogens (tertiary/aromatic N) is 1. The molecule has 0 unspecified atom stereocenters. The number of rotatable bonds is 4. The van der Waals surface area contributed by atoms with Crippen molar-refractivity contribution < 1.29 is 9.53 Å². The zero-order chi connectivity index (χ0) is 16.4. The van der Waals surface area contributed by atoms with E-state index < -0.39 is 0 Å². The number of halogens is 1. The second kappa shape index (κ2) is 6.44. The second-order valence-corrected chi connectivity index (χ2v) is 6.25. The van der Waals surface area contributed by atoms with Gasteiger partial charge in [-0.25, -0.2) is 4.98 Å². The Hall–Kier alpha value is -2.31. The molecule has 0 bridgehead atoms. The van der Waals surface area contributed by atoms with Crippen molar-refractivity contribution in [1.29, 1.82) is 0 Å². The summed E-state index contributed by atoms with van der Waals surface area (Å²) in [5, 5.41) is 1.13. The number of hydrazine groups is 1. The fourth-order valence-corrected chi connectivity index (χ4v) is 3.28. The number of hydrogen-bond acceptors (Lipinski definition) is 5. The second-order valence-electron chi connectivity index (χ2n) is 4.84. The third-order valence-corrected chi connectivity index (χ3v) is 4.78. The Bertz CT molecular complexity index is 879. The summed E-state index contributed by atoms with van der Waals surface area (Å²) in [5.74, 6) is 0.416. The first-order valence-electron chi connectivity index (χ1n) is 6.85. The molecule has 2 aromatic carbocycles. The molecule has 0 aliphatic carbocycles. The van der Waals surface area contributed by atoms with Gasteiger partial charge >= 0.3 is 0 Å². The normalized spacial score (nSPS) is 10.6. The van der Waals surface area contributed by atoms with Gasteiger partial charge in [-0.1, -0.05) is 41.1 Å². The molecule has 1 aromatic heterocycles. The van der Waals surface area contributed by atoms with Gasteiger partial charge in [0.1, 0.15) is 11.3 Å². The van der Waals surface area contributed by atoms with Gasteiger partial charge in [0, 0.05) is 5.56 Å². The maximum atomic E-state index is 12.2. The van der Waals surface area contributed by atoms with E-state index in [9.17, 15) is 4.79 Å². The molecule has 0 aliphatic rings. The Morgan fingerprint density at radius 1 is 1.26 bits per heavy atom. The van der Waals surface area contributed by atoms with E-state index in [-0.39, 0.29) is 5.91 Å². The molecule has 0 spiro atoms. The van der Waals surface area contributed by atoms with Gasteiger partial charge in [-0.15, -0.1) is 0 Å². The lowest BCUT2D eigenvalue weighted by Gasteiger charge is -2.07. The summed E-state index contributed by atoms with van der Waals surface area (Å²) in [6, 6.07) is 10.9. The van der Waals surface area contributed by atoms with E-state index >= 15 is 0 Å². The van der Waals surface area contributed by atoms with Crippen molar-refractivity contribution >= 4 is 44.2 Å². The van der Waals surface area contributed by atoms with Crippen LogP contribution in [0.4, 0.5) is 5.13 Å². The highest BCUT2D eigenvalue weighted by atomic mass is 35.5. The molecule has 0 saturated carbocycles. The Morgan fingerprint density at radius 2 is 2.04 bits per heavy atom. The molecule has 118 valence electrons. The first-order valence-corrected chi connectivity index (χ1v) is 8.04. The molecule has 0 aliphatic heterocycles. The number of carbonyl (C=O) groups excluding carboxylic acids is 1. The standard InChI is InChI=1S/C16H14ClN3O2S/c1-9-5-3-4-6-10(9)15(21)19-20-16-18-13-12(22-2)8-7-11(17)14(13)23-16/h3-8H,1-2H3,(H,18,20)(H,19,21). The average Bonchev–Trinajstić information content (AvgIpc) is 2.99. The third kappa shape index (κ3) is 3.09. The van der Waals surface area contributed by atoms with Crippen molar-refractivity contribution in [1.82, 2.24) is 10.4 Å². The van der Waals surface area contributed by atoms with Crippen LogP contribution in [0.25, 0.3) is 10.2 Å². The molecule has 2 N–H and O–H groups in total. The molecule has 0 radical (unpaired) electrons. The number of hydrogen-bond donors (Lipinski definition) is 2. The number of nitrogens with one attached hydrogen (secondary N) is 2. The summed E-state index contributed by atoms with van der Waals surface area (Å²) in [7, 11) is 1.58. The molecule has 3 aromatic rings. The zero-order valence-corrected chi connectivity index (χ0v) is 14.1. The van der Waals surface area contributed by atoms with E-state index in [0.717, 1.165) is 10.3 Å². The van der Waals surface area contributed by atoms with E-state index in [4.69, 9.17) is 16.3 Å². The Balaban J connectivity index is 1.81. The van der Waals surface area contributed by atoms with Crippen LogP contribution < -0.4 is 15.6 Å². The Morgan fingerprint density at radius 3 is 2.78 bits per heavy atom. The average molecular weight is 348 g/mol. The molecule has 0 atom stereocenters. The topological polar surface area (TPSA) is 63.2 Å². The minimum Gasteiger partial charge on any atom is -0.494 e. The van der Waals surface area contributed by atoms with E-state index in [0.29, 0.717) is 27.0 Å². The van der Waals surface area contributed by atoms with E-state index in [1.54, 1.807) is 25.3 Å². The first-order chi connectivity index (χ1) is 11.1. The summed E-state index contributed by atoms with van der Waals surface area (Å²) >= 11 is 7.52. The summed E-state index contributed by atoms with van der Waals surface area (Å²) in [5.41, 5.74) is 7.66. The number of fused-ring (bicyclic) bond motifs is 1. The monoisotopic (exact) mass is 347 g/mol. The van der Waals surface area contributed by atoms with E-state index in [1.807, 2.05) is 25.1 Å². The molecular weight excluding hydrogens is 334 g/mol. The number of thiazole rings is 1. The molecular formula is C16H14ClN3O2S. The predicted octanol–water partition coefficient (Wildman–Crippen LogP) is 4.02. The van der Waals surface area contributed by atoms with Gasteiger partial charge in [-0.2, -0.15) is 0 Å². The van der Waals surface area contributed by atoms with Gasteiger partial charge in [0.2, 0.25) is 5.13 Å². The summed E-state index contributed by atoms with van der Waals surface area (Å²) in [6.07, 6.45) is 0. The number of benzene rings is 2. The summed E-state index contributed by atoms with van der Waals surface area (Å²) in [4.78, 5) is 16.6. The lowest BCUT2D eigenvalue weighted by molar-refractivity contribution is 0.0962. The highest BCUT2D eigenvalue weighted by Crippen LogP contribution is 2.37. The van der Waals surface area contributed by atoms with Crippen LogP contribution in [0.3, 0.4) is 0 Å². The minimum absolute atomic E-state index is 0.222. The molecule has 0 saturated heterocycles. The van der Waals surface area contributed by atoms with Gasteiger partial charge in [-0.3, -0.25) is 15.6 Å². The van der Waals surface area contributed by atoms with Crippen molar-refractivity contribution in [3.63, 3.8) is 0 Å². The van der Waals surface area contributed by atoms with Crippen LogP contribution in [0.5, 0.6) is 5.75 Å². The van der Waals surface area contributed by atoms with E-state index in [1.165, 1.54) is 11.3 Å². The van der Waals surface area contributed by atoms with Crippen molar-refractivity contribution in [2.24, 2.45) is 0 Å². The summed E-state index contributed by atoms with van der Waals surface area (Å²) < 4.78 is 6.08. The fraction of sp³-hybridized carbons (Fsp3) is 0.125. The number of carbonyl (C=O) groups is 1. The van der Waals surface area contributed by atoms with Crippen LogP contribution in [0.2, 0.25) is 5.02 Å². The van der Waals surface area contributed by atoms with Crippen LogP contribution in [0.15, 0.2) is 36.4 Å². The number of ether oxygens (including phenoxy) is 1. The molecule has 23 heavy (non-hydrogen) atoms. The number of methoxy groups -OCH3 is 1.